The van der Waals surface area contributed by atoms with Crippen molar-refractivity contribution in [1.82, 2.24) is 9.13 Å². The average molecular weight is 656 g/mol. The summed E-state index contributed by atoms with van der Waals surface area (Å²) in [4.78, 5) is 12.0. The first kappa shape index (κ1) is 30.4. The van der Waals surface area contributed by atoms with Crippen LogP contribution < -0.4 is 9.60 Å². The Hall–Kier alpha value is -3.68. The summed E-state index contributed by atoms with van der Waals surface area (Å²) in [6, 6.07) is 36.5. The number of rotatable bonds is 11. The van der Waals surface area contributed by atoms with E-state index in [0.29, 0.717) is 0 Å². The van der Waals surface area contributed by atoms with Gasteiger partial charge in [-0.05, 0) is 72.5 Å². The molecule has 6 rings (SSSR count). The van der Waals surface area contributed by atoms with Crippen molar-refractivity contribution in [2.24, 2.45) is 9.98 Å². The lowest BCUT2D eigenvalue weighted by Gasteiger charge is -2.11. The molecule has 222 valence electrons. The summed E-state index contributed by atoms with van der Waals surface area (Å²) in [5, 5.41) is 5.89. The van der Waals surface area contributed by atoms with E-state index in [4.69, 9.17) is 33.2 Å². The zero-order valence-corrected chi connectivity index (χ0v) is 27.3. The molecule has 4 aromatic carbocycles. The fraction of sp³-hybridized carbons (Fsp3) is 0.167. The van der Waals surface area contributed by atoms with Crippen LogP contribution in [-0.2, 0) is 13.1 Å². The Morgan fingerprint density at radius 2 is 0.864 bits per heavy atom. The number of unbranched alkanes of at least 4 members (excludes halogenated alkanes) is 3. The number of benzene rings is 4. The topological polar surface area (TPSA) is 34.6 Å². The summed E-state index contributed by atoms with van der Waals surface area (Å²) < 4.78 is 4.70. The number of hydrogen-bond acceptors (Lipinski definition) is 4. The van der Waals surface area contributed by atoms with Crippen molar-refractivity contribution in [3.05, 3.63) is 140 Å². The van der Waals surface area contributed by atoms with Crippen molar-refractivity contribution >= 4 is 57.3 Å². The van der Waals surface area contributed by atoms with E-state index in [1.807, 2.05) is 84.9 Å². The van der Waals surface area contributed by atoms with E-state index in [-0.39, 0.29) is 0 Å². The lowest BCUT2D eigenvalue weighted by molar-refractivity contribution is 0.535. The van der Waals surface area contributed by atoms with Gasteiger partial charge in [-0.25, -0.2) is 9.98 Å². The van der Waals surface area contributed by atoms with Gasteiger partial charge in [-0.15, -0.1) is 22.7 Å². The molecule has 0 saturated carbocycles. The van der Waals surface area contributed by atoms with E-state index < -0.39 is 0 Å². The predicted octanol–water partition coefficient (Wildman–Crippen LogP) is 10.8. The second-order valence-corrected chi connectivity index (χ2v) is 13.0. The standard InChI is InChI=1S/C36H32Cl2N4S2/c37-29-19-15-27(16-20-29)33-25-43-35(39-31-11-5-3-6-12-31)41(33)23-9-1-2-10-24-42-34(28-17-21-30(38)22-18-28)26-44-36(42)40-32-13-7-4-8-14-32/h3-8,11-22,25-26H,1-2,9-10,23-24H2. The van der Waals surface area contributed by atoms with E-state index in [1.165, 1.54) is 11.4 Å². The largest absolute Gasteiger partial charge is 0.316 e. The normalized spacial score (nSPS) is 12.2. The van der Waals surface area contributed by atoms with E-state index in [9.17, 15) is 0 Å². The fourth-order valence-electron chi connectivity index (χ4n) is 5.09. The molecule has 6 aromatic rings. The number of aromatic nitrogens is 2. The summed E-state index contributed by atoms with van der Waals surface area (Å²) in [6.07, 6.45) is 4.39. The molecule has 0 aliphatic carbocycles. The van der Waals surface area contributed by atoms with Crippen molar-refractivity contribution in [2.45, 2.75) is 38.8 Å². The van der Waals surface area contributed by atoms with E-state index >= 15 is 0 Å². The first-order valence-corrected chi connectivity index (χ1v) is 17.2. The molecule has 2 heterocycles. The molecule has 0 aliphatic heterocycles. The highest BCUT2D eigenvalue weighted by Crippen LogP contribution is 2.25. The van der Waals surface area contributed by atoms with Crippen molar-refractivity contribution in [2.75, 3.05) is 0 Å². The van der Waals surface area contributed by atoms with Crippen LogP contribution in [0, 0.1) is 0 Å². The molecule has 0 aliphatic rings. The molecule has 0 saturated heterocycles. The SMILES string of the molecule is Clc1ccc(-c2csc(=Nc3ccccc3)n2CCCCCCn2c(-c3ccc(Cl)cc3)csc2=Nc2ccccc2)cc1. The summed E-state index contributed by atoms with van der Waals surface area (Å²) in [5.41, 5.74) is 6.58. The Morgan fingerprint density at radius 3 is 1.25 bits per heavy atom. The number of hydrogen-bond donors (Lipinski definition) is 0. The van der Waals surface area contributed by atoms with Gasteiger partial charge >= 0.3 is 0 Å². The van der Waals surface area contributed by atoms with Gasteiger partial charge in [-0.3, -0.25) is 0 Å². The van der Waals surface area contributed by atoms with Gasteiger partial charge in [-0.2, -0.15) is 0 Å². The van der Waals surface area contributed by atoms with Gasteiger partial charge in [0.2, 0.25) is 0 Å². The van der Waals surface area contributed by atoms with E-state index in [1.54, 1.807) is 22.7 Å². The van der Waals surface area contributed by atoms with E-state index in [0.717, 1.165) is 80.9 Å². The summed E-state index contributed by atoms with van der Waals surface area (Å²) in [6.45, 7) is 1.81. The monoisotopic (exact) mass is 654 g/mol. The van der Waals surface area contributed by atoms with Crippen LogP contribution in [-0.4, -0.2) is 9.13 Å². The Balaban J connectivity index is 1.16. The molecule has 4 nitrogen and oxygen atoms in total. The first-order valence-electron chi connectivity index (χ1n) is 14.7. The summed E-state index contributed by atoms with van der Waals surface area (Å²) >= 11 is 15.7. The van der Waals surface area contributed by atoms with Gasteiger partial charge in [0, 0.05) is 33.9 Å². The van der Waals surface area contributed by atoms with Gasteiger partial charge in [0.1, 0.15) is 0 Å². The average Bonchev–Trinajstić information content (AvgIpc) is 3.64. The number of nitrogens with zero attached hydrogens (tertiary/aromatic N) is 4. The fourth-order valence-corrected chi connectivity index (χ4v) is 7.25. The molecule has 2 aromatic heterocycles. The highest BCUT2D eigenvalue weighted by molar-refractivity contribution is 7.07. The highest BCUT2D eigenvalue weighted by Gasteiger charge is 2.11. The number of para-hydroxylation sites is 2. The molecule has 0 N–H and O–H groups in total. The maximum Gasteiger partial charge on any atom is 0.190 e. The Bertz CT molecular complexity index is 1780. The second-order valence-electron chi connectivity index (χ2n) is 10.4. The molecule has 44 heavy (non-hydrogen) atoms. The van der Waals surface area contributed by atoms with Crippen LogP contribution >= 0.6 is 45.9 Å². The highest BCUT2D eigenvalue weighted by atomic mass is 35.5. The molecule has 0 bridgehead atoms. The molecule has 0 unspecified atom stereocenters. The maximum absolute atomic E-state index is 6.19. The zero-order chi connectivity index (χ0) is 30.1. The Morgan fingerprint density at radius 1 is 0.477 bits per heavy atom. The summed E-state index contributed by atoms with van der Waals surface area (Å²) in [7, 11) is 0. The van der Waals surface area contributed by atoms with Gasteiger partial charge in [0.25, 0.3) is 0 Å². The molecule has 0 amide bonds. The van der Waals surface area contributed by atoms with Gasteiger partial charge < -0.3 is 9.13 Å². The summed E-state index contributed by atoms with van der Waals surface area (Å²) in [5.74, 6) is 0. The minimum absolute atomic E-state index is 0.743. The lowest BCUT2D eigenvalue weighted by atomic mass is 10.1. The first-order chi connectivity index (χ1) is 21.6. The predicted molar refractivity (Wildman–Crippen MR) is 187 cm³/mol. The second kappa shape index (κ2) is 14.9. The molecule has 0 spiro atoms. The van der Waals surface area contributed by atoms with Crippen LogP contribution in [0.15, 0.2) is 130 Å². The Kier molecular flexibility index (Phi) is 10.3. The van der Waals surface area contributed by atoms with Crippen molar-refractivity contribution in [1.29, 1.82) is 0 Å². The molecule has 0 fully saturated rings. The third kappa shape index (κ3) is 7.69. The minimum Gasteiger partial charge on any atom is -0.316 e. The van der Waals surface area contributed by atoms with Crippen LogP contribution in [0.3, 0.4) is 0 Å². The van der Waals surface area contributed by atoms with Crippen LogP contribution in [0.4, 0.5) is 11.4 Å². The molecular formula is C36H32Cl2N4S2. The van der Waals surface area contributed by atoms with Crippen LogP contribution in [0.2, 0.25) is 10.0 Å². The molecular weight excluding hydrogens is 623 g/mol. The molecule has 0 atom stereocenters. The lowest BCUT2D eigenvalue weighted by Crippen LogP contribution is -2.17. The van der Waals surface area contributed by atoms with Crippen LogP contribution in [0.5, 0.6) is 0 Å². The van der Waals surface area contributed by atoms with Crippen LogP contribution in [0.25, 0.3) is 22.5 Å². The number of thiazole rings is 2. The third-order valence-corrected chi connectivity index (χ3v) is 9.58. The van der Waals surface area contributed by atoms with Gasteiger partial charge in [-0.1, -0.05) is 96.7 Å². The third-order valence-electron chi connectivity index (χ3n) is 7.35. The Labute approximate surface area is 275 Å². The van der Waals surface area contributed by atoms with Gasteiger partial charge in [0.15, 0.2) is 9.60 Å². The molecule has 0 radical (unpaired) electrons. The van der Waals surface area contributed by atoms with Crippen molar-refractivity contribution in [3.63, 3.8) is 0 Å². The maximum atomic E-state index is 6.19. The van der Waals surface area contributed by atoms with Crippen molar-refractivity contribution in [3.8, 4) is 22.5 Å². The number of halogens is 2. The zero-order valence-electron chi connectivity index (χ0n) is 24.2. The molecule has 8 heteroatoms. The van der Waals surface area contributed by atoms with Gasteiger partial charge in [0.05, 0.1) is 22.8 Å². The van der Waals surface area contributed by atoms with E-state index in [2.05, 4.69) is 44.2 Å². The van der Waals surface area contributed by atoms with Crippen LogP contribution in [0.1, 0.15) is 25.7 Å². The minimum atomic E-state index is 0.743. The van der Waals surface area contributed by atoms with Crippen molar-refractivity contribution < 1.29 is 0 Å². The smallest absolute Gasteiger partial charge is 0.190 e. The quantitative estimate of drug-likeness (QED) is 0.125.